The van der Waals surface area contributed by atoms with Crippen molar-refractivity contribution in [3.05, 3.63) is 24.8 Å². The van der Waals surface area contributed by atoms with Crippen molar-refractivity contribution in [1.82, 2.24) is 0 Å². The van der Waals surface area contributed by atoms with Crippen molar-refractivity contribution >= 4 is 0 Å². The summed E-state index contributed by atoms with van der Waals surface area (Å²) in [6.45, 7) is 3.53. The predicted octanol–water partition coefficient (Wildman–Crippen LogP) is 0.470. The van der Waals surface area contributed by atoms with Gasteiger partial charge in [-0.15, -0.1) is 6.58 Å². The summed E-state index contributed by atoms with van der Waals surface area (Å²) in [5.41, 5.74) is 0. The van der Waals surface area contributed by atoms with E-state index in [9.17, 15) is 10.2 Å². The molecule has 0 aliphatic heterocycles. The summed E-state index contributed by atoms with van der Waals surface area (Å²) in [4.78, 5) is 0. The number of hydrogen-bond donors (Lipinski definition) is 2. The number of aliphatic hydroxyl groups is 2. The predicted molar refractivity (Wildman–Crippen MR) is 39.5 cm³/mol. The van der Waals surface area contributed by atoms with E-state index in [1.165, 1.54) is 0 Å². The fourth-order valence-electron chi connectivity index (χ4n) is 1.17. The van der Waals surface area contributed by atoms with E-state index in [4.69, 9.17) is 0 Å². The minimum absolute atomic E-state index is 0.190. The lowest BCUT2D eigenvalue weighted by molar-refractivity contribution is 0.0539. The second-order valence-electron chi connectivity index (χ2n) is 2.53. The van der Waals surface area contributed by atoms with Gasteiger partial charge in [-0.1, -0.05) is 18.2 Å². The van der Waals surface area contributed by atoms with Crippen LogP contribution in [-0.4, -0.2) is 22.4 Å². The molecular weight excluding hydrogens is 128 g/mol. The maximum atomic E-state index is 9.26. The number of hydrogen-bond acceptors (Lipinski definition) is 2. The van der Waals surface area contributed by atoms with Crippen LogP contribution in [0.3, 0.4) is 0 Å². The highest BCUT2D eigenvalue weighted by Crippen LogP contribution is 2.19. The molecule has 2 nitrogen and oxygen atoms in total. The third-order valence-corrected chi connectivity index (χ3v) is 1.82. The molecule has 0 aromatic carbocycles. The minimum atomic E-state index is -0.554. The summed E-state index contributed by atoms with van der Waals surface area (Å²) in [6, 6.07) is 0. The van der Waals surface area contributed by atoms with Crippen molar-refractivity contribution in [2.24, 2.45) is 5.92 Å². The first kappa shape index (κ1) is 7.51. The second kappa shape index (κ2) is 2.99. The van der Waals surface area contributed by atoms with Gasteiger partial charge in [0.05, 0.1) is 12.2 Å². The zero-order valence-electron chi connectivity index (χ0n) is 5.77. The van der Waals surface area contributed by atoms with Crippen LogP contribution < -0.4 is 0 Å². The van der Waals surface area contributed by atoms with Crippen LogP contribution in [0.25, 0.3) is 0 Å². The first-order valence-electron chi connectivity index (χ1n) is 3.41. The van der Waals surface area contributed by atoms with Crippen LogP contribution in [0.15, 0.2) is 24.8 Å². The first-order valence-corrected chi connectivity index (χ1v) is 3.41. The molecule has 2 N–H and O–H groups in total. The molecule has 0 fully saturated rings. The van der Waals surface area contributed by atoms with Gasteiger partial charge in [0.15, 0.2) is 0 Å². The van der Waals surface area contributed by atoms with E-state index < -0.39 is 12.2 Å². The van der Waals surface area contributed by atoms with Crippen LogP contribution in [0.5, 0.6) is 0 Å². The molecule has 56 valence electrons. The number of aliphatic hydroxyl groups excluding tert-OH is 2. The van der Waals surface area contributed by atoms with Crippen LogP contribution in [0, 0.1) is 5.92 Å². The lowest BCUT2D eigenvalue weighted by Crippen LogP contribution is -2.31. The minimum Gasteiger partial charge on any atom is -0.392 e. The van der Waals surface area contributed by atoms with Crippen molar-refractivity contribution in [2.75, 3.05) is 0 Å². The Balaban J connectivity index is 2.67. The summed E-state index contributed by atoms with van der Waals surface area (Å²) in [5, 5.41) is 18.5. The molecule has 10 heavy (non-hydrogen) atoms. The molecule has 2 heteroatoms. The van der Waals surface area contributed by atoms with Gasteiger partial charge in [0.2, 0.25) is 0 Å². The summed E-state index contributed by atoms with van der Waals surface area (Å²) in [5.74, 6) is -0.190. The summed E-state index contributed by atoms with van der Waals surface area (Å²) < 4.78 is 0. The second-order valence-corrected chi connectivity index (χ2v) is 2.53. The van der Waals surface area contributed by atoms with Gasteiger partial charge in [-0.05, 0) is 6.42 Å². The van der Waals surface area contributed by atoms with Crippen LogP contribution in [0.2, 0.25) is 0 Å². The molecule has 1 rings (SSSR count). The van der Waals surface area contributed by atoms with E-state index in [1.807, 2.05) is 0 Å². The van der Waals surface area contributed by atoms with E-state index in [0.29, 0.717) is 6.42 Å². The SMILES string of the molecule is C=CC1C(O)C=CCC1O. The Kier molecular flexibility index (Phi) is 2.25. The molecule has 0 spiro atoms. The Hall–Kier alpha value is -0.600. The Morgan fingerprint density at radius 1 is 1.50 bits per heavy atom. The van der Waals surface area contributed by atoms with Crippen LogP contribution in [0.4, 0.5) is 0 Å². The molecule has 0 bridgehead atoms. The van der Waals surface area contributed by atoms with Crippen molar-refractivity contribution in [2.45, 2.75) is 18.6 Å². The fraction of sp³-hybridized carbons (Fsp3) is 0.500. The lowest BCUT2D eigenvalue weighted by Gasteiger charge is -2.25. The highest BCUT2D eigenvalue weighted by Gasteiger charge is 2.24. The largest absolute Gasteiger partial charge is 0.392 e. The van der Waals surface area contributed by atoms with Crippen LogP contribution in [-0.2, 0) is 0 Å². The topological polar surface area (TPSA) is 40.5 Å². The molecule has 1 aliphatic carbocycles. The average Bonchev–Trinajstić information content (AvgIpc) is 1.88. The maximum Gasteiger partial charge on any atom is 0.0808 e. The van der Waals surface area contributed by atoms with Gasteiger partial charge in [0, 0.05) is 5.92 Å². The van der Waals surface area contributed by atoms with Gasteiger partial charge < -0.3 is 10.2 Å². The van der Waals surface area contributed by atoms with E-state index >= 15 is 0 Å². The normalized spacial score (nSPS) is 39.6. The van der Waals surface area contributed by atoms with Crippen molar-refractivity contribution in [3.8, 4) is 0 Å². The Bertz CT molecular complexity index is 151. The molecule has 0 aromatic heterocycles. The van der Waals surface area contributed by atoms with E-state index in [2.05, 4.69) is 6.58 Å². The Morgan fingerprint density at radius 3 is 2.60 bits per heavy atom. The molecule has 0 saturated carbocycles. The van der Waals surface area contributed by atoms with Gasteiger partial charge in [-0.3, -0.25) is 0 Å². The Labute approximate surface area is 60.5 Å². The smallest absolute Gasteiger partial charge is 0.0808 e. The highest BCUT2D eigenvalue weighted by molar-refractivity contribution is 5.06. The molecule has 0 radical (unpaired) electrons. The zero-order chi connectivity index (χ0) is 7.56. The molecule has 0 amide bonds. The molecule has 3 atom stereocenters. The zero-order valence-corrected chi connectivity index (χ0v) is 5.77. The van der Waals surface area contributed by atoms with Gasteiger partial charge >= 0.3 is 0 Å². The van der Waals surface area contributed by atoms with Crippen LogP contribution in [0.1, 0.15) is 6.42 Å². The molecule has 0 saturated heterocycles. The highest BCUT2D eigenvalue weighted by atomic mass is 16.3. The van der Waals surface area contributed by atoms with Crippen molar-refractivity contribution < 1.29 is 10.2 Å². The summed E-state index contributed by atoms with van der Waals surface area (Å²) in [7, 11) is 0. The van der Waals surface area contributed by atoms with E-state index in [-0.39, 0.29) is 5.92 Å². The summed E-state index contributed by atoms with van der Waals surface area (Å²) >= 11 is 0. The van der Waals surface area contributed by atoms with Crippen molar-refractivity contribution in [3.63, 3.8) is 0 Å². The molecule has 0 heterocycles. The van der Waals surface area contributed by atoms with E-state index in [0.717, 1.165) is 0 Å². The third kappa shape index (κ3) is 1.28. The Morgan fingerprint density at radius 2 is 2.20 bits per heavy atom. The summed E-state index contributed by atoms with van der Waals surface area (Å²) in [6.07, 6.45) is 4.68. The molecule has 0 aromatic rings. The monoisotopic (exact) mass is 140 g/mol. The average molecular weight is 140 g/mol. The quantitative estimate of drug-likeness (QED) is 0.520. The molecule has 1 aliphatic rings. The molecular formula is C8H12O2. The lowest BCUT2D eigenvalue weighted by atomic mass is 9.89. The molecule has 3 unspecified atom stereocenters. The maximum absolute atomic E-state index is 9.26. The van der Waals surface area contributed by atoms with Gasteiger partial charge in [-0.25, -0.2) is 0 Å². The van der Waals surface area contributed by atoms with Crippen molar-refractivity contribution in [1.29, 1.82) is 0 Å². The first-order chi connectivity index (χ1) is 4.75. The standard InChI is InChI=1S/C8H12O2/c1-2-6-7(9)4-3-5-8(6)10/h2-4,6-10H,1,5H2. The fourth-order valence-corrected chi connectivity index (χ4v) is 1.17. The number of rotatable bonds is 1. The van der Waals surface area contributed by atoms with Gasteiger partial charge in [0.25, 0.3) is 0 Å². The van der Waals surface area contributed by atoms with Crippen LogP contribution >= 0.6 is 0 Å². The van der Waals surface area contributed by atoms with E-state index in [1.54, 1.807) is 18.2 Å². The van der Waals surface area contributed by atoms with Gasteiger partial charge in [0.1, 0.15) is 0 Å². The van der Waals surface area contributed by atoms with Gasteiger partial charge in [-0.2, -0.15) is 0 Å². The third-order valence-electron chi connectivity index (χ3n) is 1.82.